The molecule has 4 heteroatoms. The molecule has 0 aliphatic carbocycles. The van der Waals surface area contributed by atoms with Gasteiger partial charge in [0.05, 0.1) is 27.1 Å². The fourth-order valence-electron chi connectivity index (χ4n) is 4.26. The topological polar surface area (TPSA) is 35.5 Å². The van der Waals surface area contributed by atoms with Gasteiger partial charge in [-0.15, -0.1) is 0 Å². The maximum atomic E-state index is 12.3. The first-order valence-electron chi connectivity index (χ1n) is 13.2. The minimum Gasteiger partial charge on any atom is -0.457 e. The molecule has 4 nitrogen and oxygen atoms in total. The largest absolute Gasteiger partial charge is 0.457 e. The summed E-state index contributed by atoms with van der Waals surface area (Å²) in [4.78, 5) is 12.3. The van der Waals surface area contributed by atoms with Gasteiger partial charge in [-0.2, -0.15) is 0 Å². The summed E-state index contributed by atoms with van der Waals surface area (Å²) >= 11 is 0. The molecule has 0 amide bonds. The Morgan fingerprint density at radius 2 is 1.41 bits per heavy atom. The van der Waals surface area contributed by atoms with E-state index in [0.29, 0.717) is 6.42 Å². The predicted octanol–water partition coefficient (Wildman–Crippen LogP) is 7.31. The van der Waals surface area contributed by atoms with E-state index >= 15 is 0 Å². The maximum absolute atomic E-state index is 12.3. The van der Waals surface area contributed by atoms with Crippen molar-refractivity contribution in [2.45, 2.75) is 84.1 Å². The third kappa shape index (κ3) is 12.2. The Balaban J connectivity index is 1.62. The Bertz CT molecular complexity index is 804. The summed E-state index contributed by atoms with van der Waals surface area (Å²) in [7, 11) is 4.28. The van der Waals surface area contributed by atoms with Crippen LogP contribution in [-0.4, -0.2) is 37.9 Å². The molecule has 2 aromatic rings. The SMILES string of the molecule is CCCCCCCCCCCc1ccccc1OCOC(=O)CC[N+](C)(C)Cc1ccccc1. The number of hydrogen-bond acceptors (Lipinski definition) is 3. The summed E-state index contributed by atoms with van der Waals surface area (Å²) in [6.45, 7) is 3.85. The van der Waals surface area contributed by atoms with Crippen LogP contribution in [0.25, 0.3) is 0 Å². The molecule has 2 aromatic carbocycles. The predicted molar refractivity (Wildman–Crippen MR) is 141 cm³/mol. The van der Waals surface area contributed by atoms with E-state index in [-0.39, 0.29) is 12.8 Å². The zero-order chi connectivity index (χ0) is 24.5. The van der Waals surface area contributed by atoms with Gasteiger partial charge in [-0.05, 0) is 24.5 Å². The van der Waals surface area contributed by atoms with Crippen LogP contribution in [0.15, 0.2) is 54.6 Å². The minimum absolute atomic E-state index is 0.0281. The van der Waals surface area contributed by atoms with Crippen LogP contribution in [0.3, 0.4) is 0 Å². The number of carbonyl (C=O) groups is 1. The highest BCUT2D eigenvalue weighted by Crippen LogP contribution is 2.21. The second kappa shape index (κ2) is 16.3. The highest BCUT2D eigenvalue weighted by Gasteiger charge is 2.18. The lowest BCUT2D eigenvalue weighted by Crippen LogP contribution is -2.40. The summed E-state index contributed by atoms with van der Waals surface area (Å²) in [5.74, 6) is 0.616. The van der Waals surface area contributed by atoms with E-state index in [9.17, 15) is 4.79 Å². The number of esters is 1. The van der Waals surface area contributed by atoms with Crippen molar-refractivity contribution in [1.29, 1.82) is 0 Å². The first-order valence-corrected chi connectivity index (χ1v) is 13.2. The number of benzene rings is 2. The van der Waals surface area contributed by atoms with Crippen LogP contribution in [0, 0.1) is 0 Å². The number of ether oxygens (including phenoxy) is 2. The van der Waals surface area contributed by atoms with Crippen LogP contribution in [0.4, 0.5) is 0 Å². The molecule has 0 aromatic heterocycles. The minimum atomic E-state index is -0.212. The van der Waals surface area contributed by atoms with Crippen molar-refractivity contribution in [2.75, 3.05) is 27.4 Å². The van der Waals surface area contributed by atoms with Crippen molar-refractivity contribution in [3.63, 3.8) is 0 Å². The van der Waals surface area contributed by atoms with Crippen molar-refractivity contribution in [3.05, 3.63) is 65.7 Å². The standard InChI is InChI=1S/C30H46NO3/c1-4-5-6-7-8-9-10-11-15-20-28-21-16-17-22-29(28)33-26-34-30(32)23-24-31(2,3)25-27-18-13-12-14-19-27/h12-14,16-19,21-22H,4-11,15,20,23-26H2,1-3H3/q+1. The number of aryl methyl sites for hydroxylation is 1. The van der Waals surface area contributed by atoms with Crippen LogP contribution in [-0.2, 0) is 22.5 Å². The molecule has 0 fully saturated rings. The van der Waals surface area contributed by atoms with Crippen LogP contribution in [0.5, 0.6) is 5.75 Å². The monoisotopic (exact) mass is 468 g/mol. The molecule has 0 unspecified atom stereocenters. The molecule has 0 saturated carbocycles. The van der Waals surface area contributed by atoms with Gasteiger partial charge in [0.1, 0.15) is 12.3 Å². The first kappa shape index (κ1) is 27.9. The van der Waals surface area contributed by atoms with Crippen molar-refractivity contribution >= 4 is 5.97 Å². The van der Waals surface area contributed by atoms with Gasteiger partial charge in [0.2, 0.25) is 6.79 Å². The van der Waals surface area contributed by atoms with Gasteiger partial charge >= 0.3 is 5.97 Å². The lowest BCUT2D eigenvalue weighted by molar-refractivity contribution is -0.903. The Hall–Kier alpha value is -2.33. The molecular weight excluding hydrogens is 422 g/mol. The number of carbonyl (C=O) groups excluding carboxylic acids is 1. The van der Waals surface area contributed by atoms with Gasteiger partial charge in [0, 0.05) is 5.56 Å². The summed E-state index contributed by atoms with van der Waals surface area (Å²) < 4.78 is 11.9. The lowest BCUT2D eigenvalue weighted by Gasteiger charge is -2.29. The number of quaternary nitrogens is 1. The lowest BCUT2D eigenvalue weighted by atomic mass is 10.0. The molecular formula is C30H46NO3+. The third-order valence-electron chi connectivity index (χ3n) is 6.33. The van der Waals surface area contributed by atoms with E-state index in [2.05, 4.69) is 45.3 Å². The molecule has 0 aliphatic rings. The van der Waals surface area contributed by atoms with E-state index in [4.69, 9.17) is 9.47 Å². The number of rotatable bonds is 18. The Morgan fingerprint density at radius 3 is 2.12 bits per heavy atom. The zero-order valence-corrected chi connectivity index (χ0v) is 21.8. The molecule has 0 atom stereocenters. The van der Waals surface area contributed by atoms with E-state index in [1.807, 2.05) is 30.3 Å². The summed E-state index contributed by atoms with van der Waals surface area (Å²) in [5, 5.41) is 0. The van der Waals surface area contributed by atoms with Gasteiger partial charge in [0.15, 0.2) is 0 Å². The summed E-state index contributed by atoms with van der Waals surface area (Å²) in [6, 6.07) is 18.5. The highest BCUT2D eigenvalue weighted by molar-refractivity contribution is 5.69. The number of nitrogens with zero attached hydrogens (tertiary/aromatic N) is 1. The number of para-hydroxylation sites is 1. The third-order valence-corrected chi connectivity index (χ3v) is 6.33. The average molecular weight is 469 g/mol. The molecule has 0 radical (unpaired) electrons. The van der Waals surface area contributed by atoms with Gasteiger partial charge in [-0.3, -0.25) is 4.79 Å². The van der Waals surface area contributed by atoms with E-state index in [0.717, 1.165) is 29.7 Å². The number of hydrogen-bond donors (Lipinski definition) is 0. The van der Waals surface area contributed by atoms with Crippen molar-refractivity contribution < 1.29 is 18.8 Å². The van der Waals surface area contributed by atoms with Crippen LogP contribution in [0.2, 0.25) is 0 Å². The fourth-order valence-corrected chi connectivity index (χ4v) is 4.26. The van der Waals surface area contributed by atoms with E-state index in [1.165, 1.54) is 68.9 Å². The van der Waals surface area contributed by atoms with E-state index < -0.39 is 0 Å². The average Bonchev–Trinajstić information content (AvgIpc) is 2.83. The molecule has 0 spiro atoms. The van der Waals surface area contributed by atoms with Gasteiger partial charge in [-0.1, -0.05) is 107 Å². The molecule has 34 heavy (non-hydrogen) atoms. The smallest absolute Gasteiger partial charge is 0.314 e. The Labute approximate surface area is 207 Å². The second-order valence-corrected chi connectivity index (χ2v) is 10.0. The molecule has 188 valence electrons. The van der Waals surface area contributed by atoms with E-state index in [1.54, 1.807) is 0 Å². The molecule has 0 aliphatic heterocycles. The van der Waals surface area contributed by atoms with Crippen molar-refractivity contribution in [2.24, 2.45) is 0 Å². The summed E-state index contributed by atoms with van der Waals surface area (Å²) in [5.41, 5.74) is 2.47. The molecule has 2 rings (SSSR count). The number of unbranched alkanes of at least 4 members (excludes halogenated alkanes) is 8. The molecule has 0 saturated heterocycles. The van der Waals surface area contributed by atoms with Crippen LogP contribution >= 0.6 is 0 Å². The Morgan fingerprint density at radius 1 is 0.794 bits per heavy atom. The van der Waals surface area contributed by atoms with Crippen LogP contribution < -0.4 is 4.74 Å². The second-order valence-electron chi connectivity index (χ2n) is 10.0. The maximum Gasteiger partial charge on any atom is 0.314 e. The quantitative estimate of drug-likeness (QED) is 0.0996. The Kier molecular flexibility index (Phi) is 13.4. The first-order chi connectivity index (χ1) is 16.5. The molecule has 0 bridgehead atoms. The fraction of sp³-hybridized carbons (Fsp3) is 0.567. The van der Waals surface area contributed by atoms with Gasteiger partial charge < -0.3 is 14.0 Å². The van der Waals surface area contributed by atoms with Gasteiger partial charge in [-0.25, -0.2) is 0 Å². The van der Waals surface area contributed by atoms with Gasteiger partial charge in [0.25, 0.3) is 0 Å². The van der Waals surface area contributed by atoms with Crippen molar-refractivity contribution in [3.8, 4) is 5.75 Å². The molecule has 0 heterocycles. The summed E-state index contributed by atoms with van der Waals surface area (Å²) in [6.07, 6.45) is 13.3. The highest BCUT2D eigenvalue weighted by atomic mass is 16.7. The normalized spacial score (nSPS) is 11.4. The van der Waals surface area contributed by atoms with Crippen molar-refractivity contribution in [1.82, 2.24) is 0 Å². The van der Waals surface area contributed by atoms with Crippen LogP contribution in [0.1, 0.15) is 82.3 Å². The zero-order valence-electron chi connectivity index (χ0n) is 21.8. The molecule has 0 N–H and O–H groups in total.